The Morgan fingerprint density at radius 3 is 2.24 bits per heavy atom. The number of likely N-dealkylation sites (N-methyl/N-ethyl adjacent to an activating group) is 1. The number of Topliss-reactive ketones (excluding diaryl/α,β-unsaturated/α-hetero) is 1. The Morgan fingerprint density at radius 2 is 1.62 bits per heavy atom. The van der Waals surface area contributed by atoms with E-state index in [1.165, 1.54) is 4.90 Å². The first kappa shape index (κ1) is 25.3. The second-order valence-electron chi connectivity index (χ2n) is 8.59. The summed E-state index contributed by atoms with van der Waals surface area (Å²) in [6.07, 6.45) is 1.75. The summed E-state index contributed by atoms with van der Waals surface area (Å²) in [5.74, 6) is -0.154. The number of aliphatic hydroxyl groups excluding tert-OH is 1. The van der Waals surface area contributed by atoms with Crippen molar-refractivity contribution in [2.75, 3.05) is 40.4 Å². The average Bonchev–Trinajstić information content (AvgIpc) is 3.09. The molecule has 34 heavy (non-hydrogen) atoms. The second-order valence-corrected chi connectivity index (χ2v) is 8.59. The molecule has 1 aliphatic heterocycles. The van der Waals surface area contributed by atoms with Crippen molar-refractivity contribution in [1.82, 2.24) is 9.80 Å². The van der Waals surface area contributed by atoms with Crippen molar-refractivity contribution in [3.05, 3.63) is 65.2 Å². The molecule has 1 atom stereocenters. The molecule has 0 aromatic heterocycles. The molecule has 1 unspecified atom stereocenters. The van der Waals surface area contributed by atoms with E-state index in [-0.39, 0.29) is 11.3 Å². The first-order chi connectivity index (χ1) is 16.4. The molecule has 0 radical (unpaired) electrons. The molecule has 1 saturated heterocycles. The van der Waals surface area contributed by atoms with E-state index in [0.29, 0.717) is 43.4 Å². The average molecular weight is 467 g/mol. The first-order valence-electron chi connectivity index (χ1n) is 11.8. The lowest BCUT2D eigenvalue weighted by Crippen LogP contribution is -2.35. The monoisotopic (exact) mass is 466 g/mol. The van der Waals surface area contributed by atoms with E-state index in [1.54, 1.807) is 24.3 Å². The summed E-state index contributed by atoms with van der Waals surface area (Å²) in [7, 11) is 3.82. The number of carbonyl (C=O) groups is 2. The quantitative estimate of drug-likeness (QED) is 0.303. The smallest absolute Gasteiger partial charge is 0.295 e. The van der Waals surface area contributed by atoms with Gasteiger partial charge in [-0.25, -0.2) is 0 Å². The van der Waals surface area contributed by atoms with Crippen molar-refractivity contribution in [1.29, 1.82) is 0 Å². The predicted octanol–water partition coefficient (Wildman–Crippen LogP) is 4.25. The van der Waals surface area contributed by atoms with Gasteiger partial charge in [-0.05, 0) is 68.9 Å². The minimum Gasteiger partial charge on any atom is -0.507 e. The number of amides is 1. The highest BCUT2D eigenvalue weighted by Crippen LogP contribution is 2.40. The molecule has 1 aliphatic rings. The van der Waals surface area contributed by atoms with E-state index in [1.807, 2.05) is 57.1 Å². The van der Waals surface area contributed by atoms with Gasteiger partial charge in [-0.15, -0.1) is 0 Å². The number of aliphatic hydroxyl groups is 1. The van der Waals surface area contributed by atoms with E-state index in [2.05, 4.69) is 0 Å². The molecule has 1 N–H and O–H groups in total. The number of likely N-dealkylation sites (tertiary alicyclic amines) is 1. The first-order valence-corrected chi connectivity index (χ1v) is 11.8. The summed E-state index contributed by atoms with van der Waals surface area (Å²) < 4.78 is 11.4. The topological polar surface area (TPSA) is 79.3 Å². The Kier molecular flexibility index (Phi) is 8.71. The van der Waals surface area contributed by atoms with Crippen LogP contribution in [0.15, 0.2) is 54.1 Å². The summed E-state index contributed by atoms with van der Waals surface area (Å²) in [4.78, 5) is 29.7. The second kappa shape index (κ2) is 11.7. The van der Waals surface area contributed by atoms with Crippen molar-refractivity contribution in [2.24, 2.45) is 0 Å². The molecular formula is C27H34N2O5. The van der Waals surface area contributed by atoms with Crippen LogP contribution in [0.4, 0.5) is 0 Å². The van der Waals surface area contributed by atoms with E-state index < -0.39 is 17.7 Å². The van der Waals surface area contributed by atoms with Crippen molar-refractivity contribution < 1.29 is 24.2 Å². The number of ether oxygens (including phenoxy) is 2. The number of hydrogen-bond donors (Lipinski definition) is 1. The molecule has 7 heteroatoms. The van der Waals surface area contributed by atoms with Crippen molar-refractivity contribution in [3.8, 4) is 11.5 Å². The van der Waals surface area contributed by atoms with Crippen LogP contribution in [-0.2, 0) is 9.59 Å². The molecular weight excluding hydrogens is 432 g/mol. The number of nitrogens with zero attached hydrogens (tertiary/aromatic N) is 2. The van der Waals surface area contributed by atoms with E-state index in [0.717, 1.165) is 18.4 Å². The molecule has 7 nitrogen and oxygen atoms in total. The Bertz CT molecular complexity index is 1030. The maximum atomic E-state index is 13.1. The molecule has 1 amide bonds. The van der Waals surface area contributed by atoms with Gasteiger partial charge in [0.2, 0.25) is 0 Å². The molecule has 1 heterocycles. The Morgan fingerprint density at radius 1 is 0.971 bits per heavy atom. The zero-order valence-corrected chi connectivity index (χ0v) is 20.4. The molecule has 0 bridgehead atoms. The Labute approximate surface area is 201 Å². The van der Waals surface area contributed by atoms with Crippen LogP contribution in [0.1, 0.15) is 43.9 Å². The van der Waals surface area contributed by atoms with Gasteiger partial charge in [0.15, 0.2) is 0 Å². The predicted molar refractivity (Wildman–Crippen MR) is 132 cm³/mol. The summed E-state index contributed by atoms with van der Waals surface area (Å²) in [6.45, 7) is 6.15. The minimum atomic E-state index is -0.707. The maximum absolute atomic E-state index is 13.1. The lowest BCUT2D eigenvalue weighted by molar-refractivity contribution is -0.140. The van der Waals surface area contributed by atoms with Gasteiger partial charge in [-0.3, -0.25) is 9.59 Å². The van der Waals surface area contributed by atoms with Crippen molar-refractivity contribution in [2.45, 2.75) is 32.7 Å². The van der Waals surface area contributed by atoms with Crippen LogP contribution >= 0.6 is 0 Å². The lowest BCUT2D eigenvalue weighted by atomic mass is 9.95. The molecule has 0 spiro atoms. The molecule has 3 rings (SSSR count). The summed E-state index contributed by atoms with van der Waals surface area (Å²) >= 11 is 0. The minimum absolute atomic E-state index is 0.0821. The van der Waals surface area contributed by atoms with Crippen LogP contribution in [-0.4, -0.2) is 67.0 Å². The van der Waals surface area contributed by atoms with Gasteiger partial charge < -0.3 is 24.4 Å². The number of ketones is 1. The highest BCUT2D eigenvalue weighted by Gasteiger charge is 2.46. The zero-order chi connectivity index (χ0) is 24.7. The fourth-order valence-electron chi connectivity index (χ4n) is 3.84. The zero-order valence-electron chi connectivity index (χ0n) is 20.4. The Hall–Kier alpha value is -3.32. The highest BCUT2D eigenvalue weighted by atomic mass is 16.5. The molecule has 182 valence electrons. The maximum Gasteiger partial charge on any atom is 0.295 e. The van der Waals surface area contributed by atoms with Crippen LogP contribution < -0.4 is 9.47 Å². The lowest BCUT2D eigenvalue weighted by Gasteiger charge is -2.27. The van der Waals surface area contributed by atoms with Gasteiger partial charge in [0.05, 0.1) is 24.8 Å². The van der Waals surface area contributed by atoms with Gasteiger partial charge in [-0.1, -0.05) is 26.0 Å². The molecule has 1 fully saturated rings. The largest absolute Gasteiger partial charge is 0.507 e. The summed E-state index contributed by atoms with van der Waals surface area (Å²) in [6, 6.07) is 13.6. The molecule has 2 aromatic carbocycles. The third-order valence-corrected chi connectivity index (χ3v) is 5.58. The van der Waals surface area contributed by atoms with E-state index in [9.17, 15) is 14.7 Å². The van der Waals surface area contributed by atoms with Crippen molar-refractivity contribution in [3.63, 3.8) is 0 Å². The van der Waals surface area contributed by atoms with Gasteiger partial charge in [0, 0.05) is 18.7 Å². The molecule has 0 aliphatic carbocycles. The number of hydrogen-bond acceptors (Lipinski definition) is 6. The van der Waals surface area contributed by atoms with Gasteiger partial charge in [0.25, 0.3) is 11.7 Å². The standard InChI is InChI=1S/C27H34N2O5/c1-5-16-33-21-12-10-19(11-13-21)25(30)23-24(20-8-7-9-22(18-20)34-17-6-2)29(15-14-28(3)4)27(32)26(23)31/h7-13,18,24,30H,5-6,14-17H2,1-4H3. The van der Waals surface area contributed by atoms with E-state index >= 15 is 0 Å². The SMILES string of the molecule is CCCOc1ccc(C(O)=C2C(=O)C(=O)N(CCN(C)C)C2c2cccc(OCCC)c2)cc1. The fourth-order valence-corrected chi connectivity index (χ4v) is 3.84. The van der Waals surface area contributed by atoms with Crippen LogP contribution in [0, 0.1) is 0 Å². The fraction of sp³-hybridized carbons (Fsp3) is 0.407. The molecule has 2 aromatic rings. The third-order valence-electron chi connectivity index (χ3n) is 5.58. The van der Waals surface area contributed by atoms with Crippen LogP contribution in [0.3, 0.4) is 0 Å². The van der Waals surface area contributed by atoms with Crippen molar-refractivity contribution >= 4 is 17.4 Å². The Balaban J connectivity index is 2.05. The number of carbonyl (C=O) groups excluding carboxylic acids is 2. The normalized spacial score (nSPS) is 17.4. The number of benzene rings is 2. The van der Waals surface area contributed by atoms with E-state index in [4.69, 9.17) is 9.47 Å². The van der Waals surface area contributed by atoms with Gasteiger partial charge in [-0.2, -0.15) is 0 Å². The number of rotatable bonds is 11. The summed E-state index contributed by atoms with van der Waals surface area (Å²) in [5.41, 5.74) is 1.26. The van der Waals surface area contributed by atoms with Crippen LogP contribution in [0.2, 0.25) is 0 Å². The molecule has 0 saturated carbocycles. The highest BCUT2D eigenvalue weighted by molar-refractivity contribution is 6.46. The van der Waals surface area contributed by atoms with Crippen LogP contribution in [0.25, 0.3) is 5.76 Å². The van der Waals surface area contributed by atoms with Crippen LogP contribution in [0.5, 0.6) is 11.5 Å². The van der Waals surface area contributed by atoms with Gasteiger partial charge in [0.1, 0.15) is 17.3 Å². The third kappa shape index (κ3) is 5.78. The van der Waals surface area contributed by atoms with Gasteiger partial charge >= 0.3 is 0 Å². The summed E-state index contributed by atoms with van der Waals surface area (Å²) in [5, 5.41) is 11.2.